The van der Waals surface area contributed by atoms with E-state index in [0.29, 0.717) is 32.7 Å². The number of carbonyl (C=O) groups is 2. The van der Waals surface area contributed by atoms with Crippen LogP contribution >= 0.6 is 23.8 Å². The molecule has 0 unspecified atom stereocenters. The molecule has 0 aromatic heterocycles. The predicted molar refractivity (Wildman–Crippen MR) is 110 cm³/mol. The average Bonchev–Trinajstić information content (AvgIpc) is 2.72. The summed E-state index contributed by atoms with van der Waals surface area (Å²) in [5, 5.41) is 6.90. The van der Waals surface area contributed by atoms with Crippen molar-refractivity contribution in [1.82, 2.24) is 10.6 Å². The SMILES string of the molecule is COC(=O)C(=O)C1=C(c2ccccc2OC)NC(=S)N[C@@H]1c1ccc(Cl)cc1. The Bertz CT molecular complexity index is 972. The first-order chi connectivity index (χ1) is 13.5. The van der Waals surface area contributed by atoms with Crippen LogP contribution in [0.25, 0.3) is 5.70 Å². The third-order valence-electron chi connectivity index (χ3n) is 4.27. The normalized spacial score (nSPS) is 16.1. The highest BCUT2D eigenvalue weighted by Gasteiger charge is 2.36. The maximum absolute atomic E-state index is 12.9. The molecule has 8 heteroatoms. The maximum atomic E-state index is 12.9. The second kappa shape index (κ2) is 8.41. The Morgan fingerprint density at radius 1 is 1.07 bits per heavy atom. The monoisotopic (exact) mass is 416 g/mol. The van der Waals surface area contributed by atoms with E-state index in [9.17, 15) is 9.59 Å². The minimum absolute atomic E-state index is 0.173. The van der Waals surface area contributed by atoms with Crippen LogP contribution < -0.4 is 15.4 Å². The van der Waals surface area contributed by atoms with Crippen LogP contribution in [0.3, 0.4) is 0 Å². The van der Waals surface area contributed by atoms with Gasteiger partial charge in [0, 0.05) is 10.6 Å². The van der Waals surface area contributed by atoms with Crippen LogP contribution in [-0.4, -0.2) is 31.1 Å². The summed E-state index contributed by atoms with van der Waals surface area (Å²) in [7, 11) is 2.69. The van der Waals surface area contributed by atoms with E-state index in [0.717, 1.165) is 7.11 Å². The summed E-state index contributed by atoms with van der Waals surface area (Å²) < 4.78 is 10.1. The summed E-state index contributed by atoms with van der Waals surface area (Å²) >= 11 is 11.3. The van der Waals surface area contributed by atoms with Crippen LogP contribution in [0.1, 0.15) is 17.2 Å². The lowest BCUT2D eigenvalue weighted by molar-refractivity contribution is -0.150. The highest BCUT2D eigenvalue weighted by molar-refractivity contribution is 7.80. The molecule has 144 valence electrons. The first-order valence-electron chi connectivity index (χ1n) is 8.29. The number of hydrogen-bond acceptors (Lipinski definition) is 5. The highest BCUT2D eigenvalue weighted by Crippen LogP contribution is 2.35. The van der Waals surface area contributed by atoms with E-state index in [-0.39, 0.29) is 5.57 Å². The number of methoxy groups -OCH3 is 2. The lowest BCUT2D eigenvalue weighted by Gasteiger charge is -2.31. The molecule has 0 aliphatic carbocycles. The predicted octanol–water partition coefficient (Wildman–Crippen LogP) is 3.02. The van der Waals surface area contributed by atoms with Crippen molar-refractivity contribution in [2.75, 3.05) is 14.2 Å². The topological polar surface area (TPSA) is 76.7 Å². The molecule has 0 spiro atoms. The molecule has 1 aliphatic rings. The molecule has 0 radical (unpaired) electrons. The molecule has 2 aromatic rings. The molecule has 1 heterocycles. The Kier molecular flexibility index (Phi) is 5.96. The zero-order chi connectivity index (χ0) is 20.3. The molecule has 2 N–H and O–H groups in total. The molecule has 1 aliphatic heterocycles. The van der Waals surface area contributed by atoms with Gasteiger partial charge in [-0.15, -0.1) is 0 Å². The van der Waals surface area contributed by atoms with E-state index < -0.39 is 17.8 Å². The van der Waals surface area contributed by atoms with Crippen LogP contribution in [0, 0.1) is 0 Å². The maximum Gasteiger partial charge on any atom is 0.379 e. The summed E-state index contributed by atoms with van der Waals surface area (Å²) in [5.41, 5.74) is 1.87. The smallest absolute Gasteiger partial charge is 0.379 e. The number of ketones is 1. The van der Waals surface area contributed by atoms with Crippen LogP contribution in [0.15, 0.2) is 54.1 Å². The fourth-order valence-corrected chi connectivity index (χ4v) is 3.33. The minimum atomic E-state index is -0.974. The van der Waals surface area contributed by atoms with Gasteiger partial charge in [0.2, 0.25) is 0 Å². The van der Waals surface area contributed by atoms with Crippen molar-refractivity contribution in [3.63, 3.8) is 0 Å². The van der Waals surface area contributed by atoms with Crippen LogP contribution in [0.5, 0.6) is 5.75 Å². The molecule has 28 heavy (non-hydrogen) atoms. The third kappa shape index (κ3) is 3.85. The number of carbonyl (C=O) groups excluding carboxylic acids is 2. The Balaban J connectivity index is 2.26. The Morgan fingerprint density at radius 3 is 2.39 bits per heavy atom. The summed E-state index contributed by atoms with van der Waals surface area (Å²) in [4.78, 5) is 25.1. The van der Waals surface area contributed by atoms with Crippen molar-refractivity contribution in [2.45, 2.75) is 6.04 Å². The van der Waals surface area contributed by atoms with Gasteiger partial charge in [-0.3, -0.25) is 4.79 Å². The third-order valence-corrected chi connectivity index (χ3v) is 4.74. The van der Waals surface area contributed by atoms with Gasteiger partial charge in [-0.2, -0.15) is 0 Å². The van der Waals surface area contributed by atoms with Gasteiger partial charge in [0.25, 0.3) is 5.78 Å². The first kappa shape index (κ1) is 19.9. The van der Waals surface area contributed by atoms with Gasteiger partial charge in [0.1, 0.15) is 5.75 Å². The van der Waals surface area contributed by atoms with Gasteiger partial charge in [0.15, 0.2) is 5.11 Å². The van der Waals surface area contributed by atoms with Crippen molar-refractivity contribution in [2.24, 2.45) is 0 Å². The molecular weight excluding hydrogens is 400 g/mol. The first-order valence-corrected chi connectivity index (χ1v) is 9.08. The number of esters is 1. The second-order valence-electron chi connectivity index (χ2n) is 5.89. The van der Waals surface area contributed by atoms with Gasteiger partial charge in [0.05, 0.1) is 31.5 Å². The van der Waals surface area contributed by atoms with E-state index in [2.05, 4.69) is 15.4 Å². The van der Waals surface area contributed by atoms with Crippen LogP contribution in [0.4, 0.5) is 0 Å². The molecular formula is C20H17ClN2O4S. The van der Waals surface area contributed by atoms with E-state index in [1.807, 2.05) is 0 Å². The van der Waals surface area contributed by atoms with Crippen LogP contribution in [0.2, 0.25) is 5.02 Å². The van der Waals surface area contributed by atoms with E-state index in [4.69, 9.17) is 28.6 Å². The summed E-state index contributed by atoms with van der Waals surface area (Å²) in [6.45, 7) is 0. The second-order valence-corrected chi connectivity index (χ2v) is 6.74. The zero-order valence-electron chi connectivity index (χ0n) is 15.1. The fourth-order valence-electron chi connectivity index (χ4n) is 2.98. The van der Waals surface area contributed by atoms with Gasteiger partial charge >= 0.3 is 5.97 Å². The van der Waals surface area contributed by atoms with E-state index in [1.54, 1.807) is 48.5 Å². The van der Waals surface area contributed by atoms with Crippen molar-refractivity contribution in [3.8, 4) is 5.75 Å². The number of thiocarbonyl (C=S) groups is 1. The average molecular weight is 417 g/mol. The van der Waals surface area contributed by atoms with Crippen LogP contribution in [-0.2, 0) is 14.3 Å². The molecule has 0 saturated heterocycles. The summed E-state index contributed by atoms with van der Waals surface area (Å²) in [5.74, 6) is -1.23. The Labute approximate surface area is 172 Å². The Morgan fingerprint density at radius 2 is 1.75 bits per heavy atom. The standard InChI is InChI=1S/C20H17ClN2O4S/c1-26-14-6-4-3-5-13(14)17-15(18(24)19(25)27-2)16(22-20(28)23-17)11-7-9-12(21)10-8-11/h3-10,16H,1-2H3,(H2,22,23,28)/t16-/m1/s1. The number of hydrogen-bond donors (Lipinski definition) is 2. The van der Waals surface area contributed by atoms with Gasteiger partial charge in [-0.1, -0.05) is 35.9 Å². The number of nitrogens with one attached hydrogen (secondary N) is 2. The number of para-hydroxylation sites is 1. The quantitative estimate of drug-likeness (QED) is 0.440. The number of benzene rings is 2. The van der Waals surface area contributed by atoms with E-state index in [1.165, 1.54) is 7.11 Å². The number of Topliss-reactive ketones (excluding diaryl/α,β-unsaturated/α-hetero) is 1. The number of halogens is 1. The molecule has 1 atom stereocenters. The van der Waals surface area contributed by atoms with Crippen molar-refractivity contribution >= 4 is 46.4 Å². The number of rotatable bonds is 5. The van der Waals surface area contributed by atoms with Gasteiger partial charge in [-0.05, 0) is 42.0 Å². The van der Waals surface area contributed by atoms with Crippen molar-refractivity contribution in [3.05, 3.63) is 70.3 Å². The molecule has 0 saturated carbocycles. The van der Waals surface area contributed by atoms with Gasteiger partial charge < -0.3 is 20.1 Å². The minimum Gasteiger partial charge on any atom is -0.496 e. The number of ether oxygens (including phenoxy) is 2. The molecule has 2 aromatic carbocycles. The lowest BCUT2D eigenvalue weighted by atomic mass is 9.89. The molecule has 0 fully saturated rings. The van der Waals surface area contributed by atoms with Gasteiger partial charge in [-0.25, -0.2) is 4.79 Å². The summed E-state index contributed by atoms with van der Waals surface area (Å²) in [6.07, 6.45) is 0. The molecule has 3 rings (SSSR count). The largest absolute Gasteiger partial charge is 0.496 e. The summed E-state index contributed by atoms with van der Waals surface area (Å²) in [6, 6.07) is 13.4. The Hall–Kier alpha value is -2.90. The van der Waals surface area contributed by atoms with E-state index >= 15 is 0 Å². The lowest BCUT2D eigenvalue weighted by Crippen LogP contribution is -2.46. The van der Waals surface area contributed by atoms with Crippen molar-refractivity contribution < 1.29 is 19.1 Å². The fraction of sp³-hybridized carbons (Fsp3) is 0.150. The molecule has 0 bridgehead atoms. The molecule has 6 nitrogen and oxygen atoms in total. The highest BCUT2D eigenvalue weighted by atomic mass is 35.5. The van der Waals surface area contributed by atoms with Crippen molar-refractivity contribution in [1.29, 1.82) is 0 Å². The zero-order valence-corrected chi connectivity index (χ0v) is 16.7. The molecule has 0 amide bonds.